The molecule has 10 heteroatoms. The molecule has 0 aliphatic heterocycles. The van der Waals surface area contributed by atoms with E-state index in [9.17, 15) is 18.8 Å². The fourth-order valence-electron chi connectivity index (χ4n) is 6.43. The van der Waals surface area contributed by atoms with Crippen LogP contribution in [0.5, 0.6) is 0 Å². The number of nitriles is 1. The van der Waals surface area contributed by atoms with E-state index in [4.69, 9.17) is 9.72 Å². The number of hydrogen-bond donors (Lipinski definition) is 1. The number of rotatable bonds is 8. The van der Waals surface area contributed by atoms with E-state index in [1.54, 1.807) is 42.6 Å². The quantitative estimate of drug-likeness (QED) is 0.155. The van der Waals surface area contributed by atoms with Gasteiger partial charge in [-0.1, -0.05) is 43.4 Å². The van der Waals surface area contributed by atoms with E-state index >= 15 is 0 Å². The molecule has 0 bridgehead atoms. The number of benzene rings is 3. The van der Waals surface area contributed by atoms with Crippen LogP contribution >= 0.6 is 0 Å². The highest BCUT2D eigenvalue weighted by Gasteiger charge is 2.44. The van der Waals surface area contributed by atoms with Gasteiger partial charge in [-0.15, -0.1) is 0 Å². The number of aliphatic hydroxyl groups is 1. The molecule has 1 aliphatic rings. The van der Waals surface area contributed by atoms with Crippen LogP contribution in [0.2, 0.25) is 25.7 Å². The van der Waals surface area contributed by atoms with Gasteiger partial charge in [0.1, 0.15) is 18.2 Å². The van der Waals surface area contributed by atoms with Gasteiger partial charge in [-0.2, -0.15) is 5.26 Å². The molecule has 2 aromatic heterocycles. The van der Waals surface area contributed by atoms with Gasteiger partial charge < -0.3 is 14.4 Å². The van der Waals surface area contributed by atoms with Crippen LogP contribution in [0.1, 0.15) is 45.6 Å². The second kappa shape index (κ2) is 10.7. The first-order chi connectivity index (χ1) is 20.7. The lowest BCUT2D eigenvalue weighted by Gasteiger charge is -2.34. The van der Waals surface area contributed by atoms with Crippen molar-refractivity contribution in [3.05, 3.63) is 93.9 Å². The van der Waals surface area contributed by atoms with E-state index in [-0.39, 0.29) is 11.6 Å². The molecule has 1 unspecified atom stereocenters. The first-order valence-corrected chi connectivity index (χ1v) is 20.1. The Labute approximate surface area is 259 Å². The van der Waals surface area contributed by atoms with Crippen LogP contribution in [-0.2, 0) is 33.5 Å². The third-order valence-corrected chi connectivity index (χ3v) is 12.1. The predicted octanol–water partition coefficient (Wildman–Crippen LogP) is 6.52. The molecule has 5 aromatic rings. The van der Waals surface area contributed by atoms with Crippen molar-refractivity contribution in [2.24, 2.45) is 0 Å². The van der Waals surface area contributed by atoms with Gasteiger partial charge >= 0.3 is 0 Å². The summed E-state index contributed by atoms with van der Waals surface area (Å²) in [5.41, 5.74) is 5.11. The Bertz CT molecular complexity index is 2080. The van der Waals surface area contributed by atoms with E-state index in [0.29, 0.717) is 47.4 Å². The maximum Gasteiger partial charge on any atom is 0.268 e. The number of nitrogens with zero attached hydrogens (tertiary/aromatic N) is 4. The molecule has 0 saturated carbocycles. The van der Waals surface area contributed by atoms with Gasteiger partial charge in [0.25, 0.3) is 10.0 Å². The van der Waals surface area contributed by atoms with Crippen molar-refractivity contribution in [2.45, 2.75) is 76.5 Å². The van der Waals surface area contributed by atoms with Crippen molar-refractivity contribution < 1.29 is 18.3 Å². The fourth-order valence-corrected chi connectivity index (χ4v) is 8.63. The second-order valence-corrected chi connectivity index (χ2v) is 20.7. The molecule has 8 nitrogen and oxygen atoms in total. The van der Waals surface area contributed by atoms with Crippen LogP contribution in [0.4, 0.5) is 0 Å². The molecule has 44 heavy (non-hydrogen) atoms. The molecule has 2 heterocycles. The SMILES string of the molecule is Cc1ccc(S(=O)(=O)n2cc3c4c(c(C)cc(C)c42)C(O)(c2nc4cc(C#N)ccc4n2COCC[Si](C)(C)C)CC3)cc1. The van der Waals surface area contributed by atoms with Crippen LogP contribution in [0.25, 0.3) is 21.9 Å². The van der Waals surface area contributed by atoms with E-state index < -0.39 is 23.7 Å². The van der Waals surface area contributed by atoms with Crippen LogP contribution in [-0.4, -0.2) is 41.7 Å². The third-order valence-electron chi connectivity index (χ3n) is 8.71. The van der Waals surface area contributed by atoms with Crippen molar-refractivity contribution >= 4 is 40.0 Å². The second-order valence-electron chi connectivity index (χ2n) is 13.3. The molecule has 0 amide bonds. The molecule has 6 rings (SSSR count). The molecule has 3 aromatic carbocycles. The van der Waals surface area contributed by atoms with Gasteiger partial charge in [-0.3, -0.25) is 0 Å². The Balaban J connectivity index is 1.55. The van der Waals surface area contributed by atoms with Crippen molar-refractivity contribution in [1.82, 2.24) is 13.5 Å². The van der Waals surface area contributed by atoms with E-state index in [2.05, 4.69) is 25.7 Å². The minimum absolute atomic E-state index is 0.203. The summed E-state index contributed by atoms with van der Waals surface area (Å²) >= 11 is 0. The zero-order valence-corrected chi connectivity index (χ0v) is 27.9. The van der Waals surface area contributed by atoms with Gasteiger partial charge in [0.15, 0.2) is 0 Å². The van der Waals surface area contributed by atoms with E-state index in [1.165, 1.54) is 3.97 Å². The van der Waals surface area contributed by atoms with Crippen LogP contribution in [0, 0.1) is 32.1 Å². The first-order valence-electron chi connectivity index (χ1n) is 14.9. The lowest BCUT2D eigenvalue weighted by molar-refractivity contribution is 0.0379. The molecule has 1 atom stereocenters. The van der Waals surface area contributed by atoms with E-state index in [0.717, 1.165) is 39.2 Å². The summed E-state index contributed by atoms with van der Waals surface area (Å²) in [6.07, 6.45) is 2.50. The standard InChI is InChI=1S/C34H38N4O4SSi/c1-22-7-10-27(11-8-22)43(40,41)38-20-26-13-14-34(39,31-23(2)17-24(3)32(38)30(26)31)33-36-28-18-25(19-35)9-12-29(28)37(33)21-42-15-16-44(4,5)6/h7-12,17-18,20,39H,13-16,21H2,1-6H3. The van der Waals surface area contributed by atoms with Crippen LogP contribution in [0.15, 0.2) is 59.6 Å². The van der Waals surface area contributed by atoms with Crippen molar-refractivity contribution in [1.29, 1.82) is 5.26 Å². The minimum Gasteiger partial charge on any atom is -0.377 e. The molecular weight excluding hydrogens is 589 g/mol. The van der Waals surface area contributed by atoms with Crippen molar-refractivity contribution in [3.63, 3.8) is 0 Å². The molecule has 0 spiro atoms. The number of aromatic nitrogens is 3. The normalized spacial score (nSPS) is 17.0. The zero-order chi connectivity index (χ0) is 31.6. The van der Waals surface area contributed by atoms with E-state index in [1.807, 2.05) is 37.5 Å². The summed E-state index contributed by atoms with van der Waals surface area (Å²) in [7, 11) is -5.21. The summed E-state index contributed by atoms with van der Waals surface area (Å²) in [4.78, 5) is 5.16. The molecule has 0 radical (unpaired) electrons. The van der Waals surface area contributed by atoms with Crippen molar-refractivity contribution in [2.75, 3.05) is 6.61 Å². The Kier molecular flexibility index (Phi) is 7.36. The highest BCUT2D eigenvalue weighted by molar-refractivity contribution is 7.90. The number of fused-ring (bicyclic) bond motifs is 1. The maximum absolute atomic E-state index is 14.0. The Morgan fingerprint density at radius 2 is 1.80 bits per heavy atom. The highest BCUT2D eigenvalue weighted by atomic mass is 32.2. The Morgan fingerprint density at radius 1 is 1.07 bits per heavy atom. The summed E-state index contributed by atoms with van der Waals surface area (Å²) in [6.45, 7) is 13.5. The summed E-state index contributed by atoms with van der Waals surface area (Å²) in [6, 6.07) is 17.3. The minimum atomic E-state index is -3.89. The Morgan fingerprint density at radius 3 is 2.48 bits per heavy atom. The maximum atomic E-state index is 14.0. The molecule has 0 saturated heterocycles. The van der Waals surface area contributed by atoms with Crippen LogP contribution < -0.4 is 0 Å². The number of aryl methyl sites for hydroxylation is 4. The summed E-state index contributed by atoms with van der Waals surface area (Å²) in [5, 5.41) is 23.1. The van der Waals surface area contributed by atoms with Gasteiger partial charge in [-0.25, -0.2) is 17.4 Å². The number of hydrogen-bond acceptors (Lipinski definition) is 6. The topological polar surface area (TPSA) is 110 Å². The van der Waals surface area contributed by atoms with Gasteiger partial charge in [-0.05, 0) is 86.7 Å². The lowest BCUT2D eigenvalue weighted by Crippen LogP contribution is -2.35. The molecule has 228 valence electrons. The monoisotopic (exact) mass is 626 g/mol. The predicted molar refractivity (Wildman–Crippen MR) is 175 cm³/mol. The fraction of sp³-hybridized carbons (Fsp3) is 0.353. The van der Waals surface area contributed by atoms with Crippen molar-refractivity contribution in [3.8, 4) is 6.07 Å². The zero-order valence-electron chi connectivity index (χ0n) is 26.1. The average Bonchev–Trinajstić information content (AvgIpc) is 3.54. The van der Waals surface area contributed by atoms with Gasteiger partial charge in [0.2, 0.25) is 0 Å². The molecular formula is C34H38N4O4SSi. The first kappa shape index (κ1) is 30.3. The number of imidazole rings is 1. The Hall–Kier alpha value is -3.75. The summed E-state index contributed by atoms with van der Waals surface area (Å²) in [5.74, 6) is 0.434. The van der Waals surface area contributed by atoms with Crippen LogP contribution in [0.3, 0.4) is 0 Å². The molecule has 0 fully saturated rings. The summed E-state index contributed by atoms with van der Waals surface area (Å²) < 4.78 is 37.5. The third kappa shape index (κ3) is 4.98. The van der Waals surface area contributed by atoms with Gasteiger partial charge in [0, 0.05) is 31.8 Å². The molecule has 1 N–H and O–H groups in total. The number of ether oxygens (including phenoxy) is 1. The lowest BCUT2D eigenvalue weighted by atomic mass is 9.76. The molecule has 1 aliphatic carbocycles. The average molecular weight is 627 g/mol. The smallest absolute Gasteiger partial charge is 0.268 e. The largest absolute Gasteiger partial charge is 0.377 e. The highest BCUT2D eigenvalue weighted by Crippen LogP contribution is 2.47. The van der Waals surface area contributed by atoms with Gasteiger partial charge in [0.05, 0.1) is 33.1 Å².